The number of rotatable bonds is 1. The Bertz CT molecular complexity index is 112. The van der Waals surface area contributed by atoms with Gasteiger partial charge in [0.15, 0.2) is 0 Å². The number of carbonyl (C=O) groups is 2. The van der Waals surface area contributed by atoms with Gasteiger partial charge >= 0.3 is 65.1 Å². The molecule has 0 amide bonds. The van der Waals surface area contributed by atoms with Crippen molar-refractivity contribution < 1.29 is 83.7 Å². The van der Waals surface area contributed by atoms with Crippen LogP contribution in [0, 0.1) is 0 Å². The van der Waals surface area contributed by atoms with Crippen LogP contribution < -0.4 is 69.3 Å². The Hall–Kier alpha value is 0.740. The van der Waals surface area contributed by atoms with Crippen molar-refractivity contribution in [2.45, 2.75) is 13.8 Å². The first-order valence-electron chi connectivity index (χ1n) is 2.52. The number of esters is 1. The molecule has 0 N–H and O–H groups in total. The van der Waals surface area contributed by atoms with E-state index in [-0.39, 0.29) is 65.1 Å². The summed E-state index contributed by atoms with van der Waals surface area (Å²) in [4.78, 5) is 18.2. The zero-order chi connectivity index (χ0) is 8.57. The Kier molecular flexibility index (Phi) is 34.0. The maximum absolute atomic E-state index is 9.82. The molecule has 0 saturated carbocycles. The van der Waals surface area contributed by atoms with Gasteiger partial charge in [0.25, 0.3) is 0 Å². The van der Waals surface area contributed by atoms with Crippen LogP contribution in [0.25, 0.3) is 0 Å². The Morgan fingerprint density at radius 2 is 1.50 bits per heavy atom. The van der Waals surface area contributed by atoms with Gasteiger partial charge in [-0.15, -0.1) is 0 Å². The molecule has 12 heavy (non-hydrogen) atoms. The molecule has 0 aliphatic carbocycles. The molecule has 0 spiro atoms. The molecule has 0 bridgehead atoms. The second-order valence-electron chi connectivity index (χ2n) is 1.17. The second kappa shape index (κ2) is 17.7. The standard InChI is InChI=1S/C4H8O2.CH2O3.2Na/c1-3-6-4(2)5;2-1(3)4;;/h3H2,1-2H3;(H2,2,3,4);;/q;;2*+1/p-2. The molecule has 5 nitrogen and oxygen atoms in total. The quantitative estimate of drug-likeness (QED) is 0.305. The number of ether oxygens (including phenoxy) is 1. The van der Waals surface area contributed by atoms with Crippen LogP contribution in [0.3, 0.4) is 0 Å². The van der Waals surface area contributed by atoms with Gasteiger partial charge in [0.05, 0.1) is 6.61 Å². The molecule has 0 rings (SSSR count). The van der Waals surface area contributed by atoms with E-state index in [1.165, 1.54) is 6.92 Å². The van der Waals surface area contributed by atoms with Crippen LogP contribution >= 0.6 is 0 Å². The maximum atomic E-state index is 9.82. The molecule has 0 aromatic carbocycles. The van der Waals surface area contributed by atoms with Crippen molar-refractivity contribution in [3.63, 3.8) is 0 Å². The summed E-state index contributed by atoms with van der Waals surface area (Å²) in [5.74, 6) is -0.211. The molecule has 0 heterocycles. The molecule has 0 fully saturated rings. The number of hydrogen-bond donors (Lipinski definition) is 0. The monoisotopic (exact) mass is 194 g/mol. The summed E-state index contributed by atoms with van der Waals surface area (Å²) in [7, 11) is 0. The average molecular weight is 194 g/mol. The van der Waals surface area contributed by atoms with E-state index < -0.39 is 6.16 Å². The SMILES string of the molecule is CCOC(C)=O.O=C([O-])[O-].[Na+].[Na+]. The summed E-state index contributed by atoms with van der Waals surface area (Å²) >= 11 is 0. The fourth-order valence-electron chi connectivity index (χ4n) is 0.203. The summed E-state index contributed by atoms with van der Waals surface area (Å²) in [5, 5.41) is 16.7. The van der Waals surface area contributed by atoms with Crippen molar-refractivity contribution in [3.05, 3.63) is 0 Å². The van der Waals surface area contributed by atoms with Gasteiger partial charge < -0.3 is 19.7 Å². The maximum Gasteiger partial charge on any atom is 1.00 e. The van der Waals surface area contributed by atoms with E-state index in [1.807, 2.05) is 0 Å². The van der Waals surface area contributed by atoms with Crippen molar-refractivity contribution >= 4 is 12.1 Å². The third-order valence-corrected chi connectivity index (χ3v) is 0.348. The average Bonchev–Trinajstić information content (AvgIpc) is 1.62. The summed E-state index contributed by atoms with van der Waals surface area (Å²) in [5.41, 5.74) is 0. The van der Waals surface area contributed by atoms with Crippen molar-refractivity contribution in [1.29, 1.82) is 0 Å². The third kappa shape index (κ3) is 72.8. The van der Waals surface area contributed by atoms with Crippen molar-refractivity contribution in [1.82, 2.24) is 0 Å². The molecule has 0 unspecified atom stereocenters. The molecule has 0 aliphatic heterocycles. The summed E-state index contributed by atoms with van der Waals surface area (Å²) in [6, 6.07) is 0. The van der Waals surface area contributed by atoms with Crippen LogP contribution in [0.5, 0.6) is 0 Å². The third-order valence-electron chi connectivity index (χ3n) is 0.348. The van der Waals surface area contributed by atoms with Gasteiger partial charge in [0, 0.05) is 6.92 Å². The molecular weight excluding hydrogens is 186 g/mol. The zero-order valence-corrected chi connectivity index (χ0v) is 11.7. The van der Waals surface area contributed by atoms with Crippen LogP contribution in [0.1, 0.15) is 13.8 Å². The summed E-state index contributed by atoms with van der Waals surface area (Å²) < 4.78 is 4.40. The molecule has 0 aliphatic rings. The van der Waals surface area contributed by atoms with Crippen LogP contribution in [-0.4, -0.2) is 18.7 Å². The van der Waals surface area contributed by atoms with Crippen LogP contribution in [-0.2, 0) is 9.53 Å². The summed E-state index contributed by atoms with van der Waals surface area (Å²) in [6.45, 7) is 3.65. The minimum atomic E-state index is -2.33. The number of carbonyl (C=O) groups excluding carboxylic acids is 2. The van der Waals surface area contributed by atoms with E-state index >= 15 is 0 Å². The Morgan fingerprint density at radius 1 is 1.25 bits per heavy atom. The molecular formula is C5H8Na2O5. The normalized spacial score (nSPS) is 5.83. The largest absolute Gasteiger partial charge is 1.00 e. The molecule has 0 radical (unpaired) electrons. The van der Waals surface area contributed by atoms with Crippen molar-refractivity contribution in [2.24, 2.45) is 0 Å². The predicted octanol–water partition coefficient (Wildman–Crippen LogP) is -7.87. The van der Waals surface area contributed by atoms with Gasteiger partial charge in [-0.05, 0) is 13.1 Å². The number of hydrogen-bond acceptors (Lipinski definition) is 5. The molecule has 0 atom stereocenters. The second-order valence-corrected chi connectivity index (χ2v) is 1.17. The van der Waals surface area contributed by atoms with Crippen molar-refractivity contribution in [2.75, 3.05) is 6.61 Å². The van der Waals surface area contributed by atoms with Gasteiger partial charge in [-0.2, -0.15) is 0 Å². The van der Waals surface area contributed by atoms with E-state index in [1.54, 1.807) is 6.92 Å². The summed E-state index contributed by atoms with van der Waals surface area (Å²) in [6.07, 6.45) is -2.33. The van der Waals surface area contributed by atoms with Gasteiger partial charge in [-0.3, -0.25) is 4.79 Å². The first kappa shape index (κ1) is 23.0. The van der Waals surface area contributed by atoms with E-state index in [0.717, 1.165) is 0 Å². The molecule has 0 aromatic heterocycles. The minimum Gasteiger partial charge on any atom is -0.652 e. The first-order chi connectivity index (χ1) is 4.50. The Balaban J connectivity index is -0.0000000483. The zero-order valence-electron chi connectivity index (χ0n) is 7.75. The van der Waals surface area contributed by atoms with Gasteiger partial charge in [-0.1, -0.05) is 0 Å². The Labute approximate surface area is 115 Å². The number of carboxylic acid groups (broad SMARTS) is 2. The van der Waals surface area contributed by atoms with E-state index in [2.05, 4.69) is 4.74 Å². The van der Waals surface area contributed by atoms with E-state index in [4.69, 9.17) is 15.0 Å². The van der Waals surface area contributed by atoms with Crippen molar-refractivity contribution in [3.8, 4) is 0 Å². The minimum absolute atomic E-state index is 0. The van der Waals surface area contributed by atoms with Gasteiger partial charge in [0.2, 0.25) is 0 Å². The van der Waals surface area contributed by atoms with E-state index in [9.17, 15) is 4.79 Å². The topological polar surface area (TPSA) is 89.5 Å². The predicted molar refractivity (Wildman–Crippen MR) is 27.7 cm³/mol. The molecule has 60 valence electrons. The smallest absolute Gasteiger partial charge is 0.652 e. The molecule has 7 heteroatoms. The first-order valence-corrected chi connectivity index (χ1v) is 2.52. The van der Waals surface area contributed by atoms with Crippen LogP contribution in [0.4, 0.5) is 4.79 Å². The fourth-order valence-corrected chi connectivity index (χ4v) is 0.203. The van der Waals surface area contributed by atoms with Crippen LogP contribution in [0.15, 0.2) is 0 Å². The molecule has 0 saturated heterocycles. The van der Waals surface area contributed by atoms with Crippen LogP contribution in [0.2, 0.25) is 0 Å². The van der Waals surface area contributed by atoms with Gasteiger partial charge in [-0.25, -0.2) is 0 Å². The van der Waals surface area contributed by atoms with Gasteiger partial charge in [0.1, 0.15) is 0 Å². The van der Waals surface area contributed by atoms with E-state index in [0.29, 0.717) is 6.61 Å². The fraction of sp³-hybridized carbons (Fsp3) is 0.600. The Morgan fingerprint density at radius 3 is 1.50 bits per heavy atom. The molecule has 0 aromatic rings.